The van der Waals surface area contributed by atoms with Crippen LogP contribution in [0.5, 0.6) is 0 Å². The number of aromatic nitrogens is 2. The zero-order valence-corrected chi connectivity index (χ0v) is 11.1. The number of halogens is 1. The van der Waals surface area contributed by atoms with Crippen LogP contribution in [0.25, 0.3) is 11.0 Å². The molecule has 2 amide bonds. The second kappa shape index (κ2) is 5.08. The molecule has 7 heteroatoms. The van der Waals surface area contributed by atoms with Gasteiger partial charge in [0.25, 0.3) is 5.91 Å². The van der Waals surface area contributed by atoms with E-state index in [-0.39, 0.29) is 18.7 Å². The molecule has 1 aromatic heterocycles. The maximum absolute atomic E-state index is 13.5. The highest BCUT2D eigenvalue weighted by Gasteiger charge is 2.39. The van der Waals surface area contributed by atoms with Crippen LogP contribution in [0.15, 0.2) is 30.5 Å². The third kappa shape index (κ3) is 2.42. The summed E-state index contributed by atoms with van der Waals surface area (Å²) < 4.78 is 13.5. The van der Waals surface area contributed by atoms with Crippen LogP contribution in [0.3, 0.4) is 0 Å². The van der Waals surface area contributed by atoms with Crippen molar-refractivity contribution in [1.82, 2.24) is 14.9 Å². The Hall–Kier alpha value is -2.57. The Morgan fingerprint density at radius 2 is 2.00 bits per heavy atom. The van der Waals surface area contributed by atoms with E-state index in [4.69, 9.17) is 5.73 Å². The van der Waals surface area contributed by atoms with E-state index in [1.807, 2.05) is 6.07 Å². The first-order chi connectivity index (χ1) is 10.1. The van der Waals surface area contributed by atoms with E-state index in [0.29, 0.717) is 11.0 Å². The Balaban J connectivity index is 1.94. The van der Waals surface area contributed by atoms with Crippen molar-refractivity contribution in [3.63, 3.8) is 0 Å². The van der Waals surface area contributed by atoms with E-state index < -0.39 is 24.0 Å². The number of rotatable bonds is 2. The summed E-state index contributed by atoms with van der Waals surface area (Å²) in [7, 11) is 0. The van der Waals surface area contributed by atoms with Gasteiger partial charge < -0.3 is 10.6 Å². The summed E-state index contributed by atoms with van der Waals surface area (Å²) in [4.78, 5) is 33.2. The number of alkyl halides is 1. The Morgan fingerprint density at radius 3 is 2.71 bits per heavy atom. The molecule has 1 aliphatic heterocycles. The number of primary amides is 1. The fourth-order valence-corrected chi connectivity index (χ4v) is 2.49. The summed E-state index contributed by atoms with van der Waals surface area (Å²) in [5.41, 5.74) is 6.52. The number of benzene rings is 1. The molecule has 2 atom stereocenters. The minimum atomic E-state index is -1.25. The molecule has 0 spiro atoms. The quantitative estimate of drug-likeness (QED) is 0.879. The van der Waals surface area contributed by atoms with Gasteiger partial charge in [-0.1, -0.05) is 12.1 Å². The van der Waals surface area contributed by atoms with Gasteiger partial charge in [0.1, 0.15) is 17.9 Å². The Morgan fingerprint density at radius 1 is 1.29 bits per heavy atom. The maximum Gasteiger partial charge on any atom is 0.274 e. The lowest BCUT2D eigenvalue weighted by Gasteiger charge is -2.21. The van der Waals surface area contributed by atoms with Crippen molar-refractivity contribution in [2.24, 2.45) is 5.73 Å². The lowest BCUT2D eigenvalue weighted by Crippen LogP contribution is -2.44. The van der Waals surface area contributed by atoms with Crippen LogP contribution in [0.1, 0.15) is 16.9 Å². The maximum atomic E-state index is 13.5. The van der Waals surface area contributed by atoms with Crippen molar-refractivity contribution in [3.05, 3.63) is 36.2 Å². The SMILES string of the molecule is NC(=O)[C@@H]1C[C@@H](F)CN1C(=O)c1cnc2ccccc2n1. The average Bonchev–Trinajstić information content (AvgIpc) is 2.88. The van der Waals surface area contributed by atoms with E-state index in [9.17, 15) is 14.0 Å². The van der Waals surface area contributed by atoms with Crippen LogP contribution in [-0.2, 0) is 4.79 Å². The molecule has 0 saturated carbocycles. The van der Waals surface area contributed by atoms with Crippen LogP contribution < -0.4 is 5.73 Å². The smallest absolute Gasteiger partial charge is 0.274 e. The minimum absolute atomic E-state index is 0.0674. The van der Waals surface area contributed by atoms with E-state index >= 15 is 0 Å². The van der Waals surface area contributed by atoms with Crippen LogP contribution in [0.4, 0.5) is 4.39 Å². The number of para-hydroxylation sites is 2. The molecular weight excluding hydrogens is 275 g/mol. The average molecular weight is 288 g/mol. The molecule has 1 aromatic carbocycles. The van der Waals surface area contributed by atoms with Gasteiger partial charge in [0.05, 0.1) is 23.8 Å². The third-order valence-corrected chi connectivity index (χ3v) is 3.51. The Kier molecular flexibility index (Phi) is 3.25. The molecule has 1 aliphatic rings. The number of nitrogens with zero attached hydrogens (tertiary/aromatic N) is 3. The van der Waals surface area contributed by atoms with E-state index in [0.717, 1.165) is 4.90 Å². The van der Waals surface area contributed by atoms with E-state index in [2.05, 4.69) is 9.97 Å². The fourth-order valence-electron chi connectivity index (χ4n) is 2.49. The molecule has 0 radical (unpaired) electrons. The standard InChI is InChI=1S/C14H13FN4O2/c15-8-5-12(13(16)20)19(7-8)14(21)11-6-17-9-3-1-2-4-10(9)18-11/h1-4,6,8,12H,5,7H2,(H2,16,20)/t8-,12+/m1/s1. The summed E-state index contributed by atoms with van der Waals surface area (Å²) in [5, 5.41) is 0. The van der Waals surface area contributed by atoms with Crippen LogP contribution in [0, 0.1) is 0 Å². The van der Waals surface area contributed by atoms with Gasteiger partial charge in [-0.15, -0.1) is 0 Å². The molecule has 1 saturated heterocycles. The molecule has 108 valence electrons. The van der Waals surface area contributed by atoms with Crippen molar-refractivity contribution >= 4 is 22.8 Å². The van der Waals surface area contributed by atoms with Crippen LogP contribution >= 0.6 is 0 Å². The molecule has 2 aromatic rings. The molecule has 2 heterocycles. The van der Waals surface area contributed by atoms with Crippen molar-refractivity contribution in [2.45, 2.75) is 18.6 Å². The predicted molar refractivity (Wildman–Crippen MR) is 73.1 cm³/mol. The molecule has 3 rings (SSSR count). The first-order valence-corrected chi connectivity index (χ1v) is 6.52. The zero-order valence-electron chi connectivity index (χ0n) is 11.1. The van der Waals surface area contributed by atoms with E-state index in [1.54, 1.807) is 18.2 Å². The fraction of sp³-hybridized carbons (Fsp3) is 0.286. The van der Waals surface area contributed by atoms with Gasteiger partial charge in [-0.2, -0.15) is 0 Å². The van der Waals surface area contributed by atoms with Gasteiger partial charge in [-0.05, 0) is 12.1 Å². The number of fused-ring (bicyclic) bond motifs is 1. The van der Waals surface area contributed by atoms with Gasteiger partial charge in [0.15, 0.2) is 0 Å². The highest BCUT2D eigenvalue weighted by molar-refractivity contribution is 5.97. The predicted octanol–water partition coefficient (Wildman–Crippen LogP) is 0.668. The summed E-state index contributed by atoms with van der Waals surface area (Å²) in [6.07, 6.45) is 0.0102. The van der Waals surface area contributed by atoms with Gasteiger partial charge in [-0.25, -0.2) is 9.37 Å². The van der Waals surface area contributed by atoms with Gasteiger partial charge in [-0.3, -0.25) is 14.6 Å². The Labute approximate surface area is 119 Å². The topological polar surface area (TPSA) is 89.2 Å². The number of hydrogen-bond donors (Lipinski definition) is 1. The largest absolute Gasteiger partial charge is 0.368 e. The number of amides is 2. The lowest BCUT2D eigenvalue weighted by molar-refractivity contribution is -0.121. The number of carbonyl (C=O) groups excluding carboxylic acids is 2. The number of carbonyl (C=O) groups is 2. The Bertz CT molecular complexity index is 721. The zero-order chi connectivity index (χ0) is 15.0. The second-order valence-corrected chi connectivity index (χ2v) is 4.95. The van der Waals surface area contributed by atoms with Crippen molar-refractivity contribution in [1.29, 1.82) is 0 Å². The monoisotopic (exact) mass is 288 g/mol. The van der Waals surface area contributed by atoms with Crippen molar-refractivity contribution in [2.75, 3.05) is 6.54 Å². The van der Waals surface area contributed by atoms with Gasteiger partial charge in [0, 0.05) is 6.42 Å². The number of likely N-dealkylation sites (tertiary alicyclic amines) is 1. The summed E-state index contributed by atoms with van der Waals surface area (Å²) >= 11 is 0. The molecular formula is C14H13FN4O2. The van der Waals surface area contributed by atoms with E-state index in [1.165, 1.54) is 6.20 Å². The lowest BCUT2D eigenvalue weighted by atomic mass is 10.2. The highest BCUT2D eigenvalue weighted by Crippen LogP contribution is 2.22. The summed E-state index contributed by atoms with van der Waals surface area (Å²) in [6.45, 7) is -0.152. The van der Waals surface area contributed by atoms with Crippen molar-refractivity contribution in [3.8, 4) is 0 Å². The van der Waals surface area contributed by atoms with Crippen molar-refractivity contribution < 1.29 is 14.0 Å². The summed E-state index contributed by atoms with van der Waals surface area (Å²) in [6, 6.07) is 6.17. The third-order valence-electron chi connectivity index (χ3n) is 3.51. The first kappa shape index (κ1) is 13.4. The van der Waals surface area contributed by atoms with Gasteiger partial charge in [0.2, 0.25) is 5.91 Å². The molecule has 0 aliphatic carbocycles. The minimum Gasteiger partial charge on any atom is -0.368 e. The summed E-state index contributed by atoms with van der Waals surface area (Å²) in [5.74, 6) is -1.24. The first-order valence-electron chi connectivity index (χ1n) is 6.52. The normalized spacial score (nSPS) is 21.7. The molecule has 6 nitrogen and oxygen atoms in total. The van der Waals surface area contributed by atoms with Crippen LogP contribution in [0.2, 0.25) is 0 Å². The number of hydrogen-bond acceptors (Lipinski definition) is 4. The molecule has 1 fully saturated rings. The number of nitrogens with two attached hydrogens (primary N) is 1. The molecule has 21 heavy (non-hydrogen) atoms. The molecule has 2 N–H and O–H groups in total. The highest BCUT2D eigenvalue weighted by atomic mass is 19.1. The molecule has 0 unspecified atom stereocenters. The van der Waals surface area contributed by atoms with Gasteiger partial charge >= 0.3 is 0 Å². The van der Waals surface area contributed by atoms with Crippen LogP contribution in [-0.4, -0.2) is 45.4 Å². The second-order valence-electron chi connectivity index (χ2n) is 4.95. The molecule has 0 bridgehead atoms.